The van der Waals surface area contributed by atoms with Gasteiger partial charge in [-0.05, 0) is 37.5 Å². The molecule has 0 amide bonds. The van der Waals surface area contributed by atoms with Crippen molar-refractivity contribution in [3.05, 3.63) is 0 Å². The minimum absolute atomic E-state index is 0.700. The molecule has 2 heteroatoms. The van der Waals surface area contributed by atoms with Crippen LogP contribution in [0.2, 0.25) is 0 Å². The topological polar surface area (TPSA) is 15.3 Å². The van der Waals surface area contributed by atoms with E-state index in [1.807, 2.05) is 0 Å². The second-order valence-corrected chi connectivity index (χ2v) is 6.53. The lowest BCUT2D eigenvalue weighted by molar-refractivity contribution is 0.0944. The van der Waals surface area contributed by atoms with Crippen molar-refractivity contribution in [2.24, 2.45) is 11.3 Å². The van der Waals surface area contributed by atoms with Gasteiger partial charge in [-0.15, -0.1) is 0 Å². The fraction of sp³-hybridized carbons (Fsp3) is 1.00. The average Bonchev–Trinajstić information content (AvgIpc) is 3.11. The standard InChI is InChI=1S/C15H30N2/c1-5-12(3)14-10-17(13(4)9-16-14)11-15(6-2)7-8-15/h12-14,16H,5-11H2,1-4H3. The predicted octanol–water partition coefficient (Wildman–Crippen LogP) is 2.89. The maximum absolute atomic E-state index is 3.73. The molecule has 1 aliphatic heterocycles. The maximum Gasteiger partial charge on any atom is 0.0221 e. The SMILES string of the molecule is CCC(C)C1CN(CC2(CC)CC2)C(C)CN1. The number of rotatable bonds is 5. The molecule has 0 spiro atoms. The number of piperazine rings is 1. The molecular formula is C15H30N2. The van der Waals surface area contributed by atoms with Crippen molar-refractivity contribution in [3.63, 3.8) is 0 Å². The minimum atomic E-state index is 0.700. The lowest BCUT2D eigenvalue weighted by Gasteiger charge is -2.42. The summed E-state index contributed by atoms with van der Waals surface area (Å²) in [5.74, 6) is 0.807. The van der Waals surface area contributed by atoms with E-state index in [-0.39, 0.29) is 0 Å². The third-order valence-corrected chi connectivity index (χ3v) is 5.31. The van der Waals surface area contributed by atoms with Crippen molar-refractivity contribution >= 4 is 0 Å². The highest BCUT2D eigenvalue weighted by atomic mass is 15.2. The van der Waals surface area contributed by atoms with Crippen molar-refractivity contribution in [1.29, 1.82) is 0 Å². The molecule has 1 saturated carbocycles. The van der Waals surface area contributed by atoms with Crippen LogP contribution in [0.15, 0.2) is 0 Å². The molecule has 3 atom stereocenters. The molecule has 2 nitrogen and oxygen atoms in total. The van der Waals surface area contributed by atoms with Crippen LogP contribution in [-0.4, -0.2) is 36.6 Å². The Kier molecular flexibility index (Phi) is 4.14. The number of nitrogens with zero attached hydrogens (tertiary/aromatic N) is 1. The number of hydrogen-bond donors (Lipinski definition) is 1. The lowest BCUT2D eigenvalue weighted by atomic mass is 9.94. The number of hydrogen-bond acceptors (Lipinski definition) is 2. The van der Waals surface area contributed by atoms with Gasteiger partial charge in [0.15, 0.2) is 0 Å². The van der Waals surface area contributed by atoms with Crippen molar-refractivity contribution in [3.8, 4) is 0 Å². The van der Waals surface area contributed by atoms with E-state index in [2.05, 4.69) is 37.9 Å². The van der Waals surface area contributed by atoms with Crippen LogP contribution >= 0.6 is 0 Å². The highest BCUT2D eigenvalue weighted by molar-refractivity contribution is 4.97. The van der Waals surface area contributed by atoms with E-state index in [0.29, 0.717) is 11.5 Å². The largest absolute Gasteiger partial charge is 0.311 e. The summed E-state index contributed by atoms with van der Waals surface area (Å²) in [6.07, 6.45) is 5.60. The van der Waals surface area contributed by atoms with Gasteiger partial charge in [-0.25, -0.2) is 0 Å². The predicted molar refractivity (Wildman–Crippen MR) is 74.2 cm³/mol. The monoisotopic (exact) mass is 238 g/mol. The molecule has 100 valence electrons. The molecule has 3 unspecified atom stereocenters. The molecule has 1 N–H and O–H groups in total. The molecule has 0 bridgehead atoms. The van der Waals surface area contributed by atoms with Crippen LogP contribution in [0.4, 0.5) is 0 Å². The minimum Gasteiger partial charge on any atom is -0.311 e. The molecule has 2 aliphatic rings. The first-order valence-electron chi connectivity index (χ1n) is 7.57. The molecule has 0 aromatic rings. The highest BCUT2D eigenvalue weighted by Crippen LogP contribution is 2.49. The molecule has 2 rings (SSSR count). The van der Waals surface area contributed by atoms with Crippen LogP contribution in [0.5, 0.6) is 0 Å². The molecule has 0 radical (unpaired) electrons. The van der Waals surface area contributed by atoms with Gasteiger partial charge in [-0.3, -0.25) is 4.90 Å². The summed E-state index contributed by atoms with van der Waals surface area (Å²) in [7, 11) is 0. The zero-order valence-corrected chi connectivity index (χ0v) is 12.1. The van der Waals surface area contributed by atoms with Crippen LogP contribution in [0, 0.1) is 11.3 Å². The van der Waals surface area contributed by atoms with Crippen molar-refractivity contribution in [1.82, 2.24) is 10.2 Å². The Hall–Kier alpha value is -0.0800. The summed E-state index contributed by atoms with van der Waals surface area (Å²) >= 11 is 0. The Balaban J connectivity index is 1.90. The van der Waals surface area contributed by atoms with Gasteiger partial charge in [0.1, 0.15) is 0 Å². The lowest BCUT2D eigenvalue weighted by Crippen LogP contribution is -2.58. The zero-order valence-electron chi connectivity index (χ0n) is 12.1. The molecule has 0 aromatic heterocycles. The van der Waals surface area contributed by atoms with Gasteiger partial charge in [0.05, 0.1) is 0 Å². The molecule has 2 fully saturated rings. The molecule has 1 heterocycles. The fourth-order valence-electron chi connectivity index (χ4n) is 3.07. The van der Waals surface area contributed by atoms with E-state index in [4.69, 9.17) is 0 Å². The molecular weight excluding hydrogens is 208 g/mol. The van der Waals surface area contributed by atoms with Crippen LogP contribution in [0.1, 0.15) is 53.4 Å². The number of nitrogens with one attached hydrogen (secondary N) is 1. The van der Waals surface area contributed by atoms with Crippen LogP contribution in [0.3, 0.4) is 0 Å². The van der Waals surface area contributed by atoms with Gasteiger partial charge in [-0.1, -0.05) is 27.2 Å². The Bertz CT molecular complexity index is 247. The van der Waals surface area contributed by atoms with E-state index in [9.17, 15) is 0 Å². The van der Waals surface area contributed by atoms with Gasteiger partial charge in [0.2, 0.25) is 0 Å². The van der Waals surface area contributed by atoms with Crippen LogP contribution < -0.4 is 5.32 Å². The molecule has 1 aliphatic carbocycles. The summed E-state index contributed by atoms with van der Waals surface area (Å²) in [5.41, 5.74) is 0.700. The first-order chi connectivity index (χ1) is 8.10. The van der Waals surface area contributed by atoms with E-state index in [1.54, 1.807) is 0 Å². The quantitative estimate of drug-likeness (QED) is 0.792. The van der Waals surface area contributed by atoms with Crippen LogP contribution in [-0.2, 0) is 0 Å². The zero-order chi connectivity index (χ0) is 12.5. The Morgan fingerprint density at radius 3 is 2.59 bits per heavy atom. The fourth-order valence-corrected chi connectivity index (χ4v) is 3.07. The first-order valence-corrected chi connectivity index (χ1v) is 7.57. The van der Waals surface area contributed by atoms with Gasteiger partial charge in [-0.2, -0.15) is 0 Å². The van der Waals surface area contributed by atoms with E-state index in [1.165, 1.54) is 45.3 Å². The van der Waals surface area contributed by atoms with Gasteiger partial charge in [0.25, 0.3) is 0 Å². The van der Waals surface area contributed by atoms with Crippen molar-refractivity contribution < 1.29 is 0 Å². The van der Waals surface area contributed by atoms with Crippen molar-refractivity contribution in [2.45, 2.75) is 65.5 Å². The molecule has 0 aromatic carbocycles. The summed E-state index contributed by atoms with van der Waals surface area (Å²) < 4.78 is 0. The van der Waals surface area contributed by atoms with E-state index in [0.717, 1.165) is 12.0 Å². The third-order valence-electron chi connectivity index (χ3n) is 5.31. The normalized spacial score (nSPS) is 34.6. The molecule has 17 heavy (non-hydrogen) atoms. The molecule has 1 saturated heterocycles. The van der Waals surface area contributed by atoms with E-state index < -0.39 is 0 Å². The van der Waals surface area contributed by atoms with Crippen molar-refractivity contribution in [2.75, 3.05) is 19.6 Å². The van der Waals surface area contributed by atoms with Crippen LogP contribution in [0.25, 0.3) is 0 Å². The second-order valence-electron chi connectivity index (χ2n) is 6.53. The van der Waals surface area contributed by atoms with Gasteiger partial charge in [0, 0.05) is 31.7 Å². The van der Waals surface area contributed by atoms with E-state index >= 15 is 0 Å². The smallest absolute Gasteiger partial charge is 0.0221 e. The maximum atomic E-state index is 3.73. The Morgan fingerprint density at radius 1 is 1.35 bits per heavy atom. The average molecular weight is 238 g/mol. The summed E-state index contributed by atoms with van der Waals surface area (Å²) in [4.78, 5) is 2.75. The van der Waals surface area contributed by atoms with Gasteiger partial charge >= 0.3 is 0 Å². The third kappa shape index (κ3) is 3.03. The summed E-state index contributed by atoms with van der Waals surface area (Å²) in [5, 5.41) is 3.73. The Morgan fingerprint density at radius 2 is 2.06 bits per heavy atom. The highest BCUT2D eigenvalue weighted by Gasteiger charge is 2.43. The second kappa shape index (κ2) is 5.27. The first kappa shape index (κ1) is 13.4. The summed E-state index contributed by atoms with van der Waals surface area (Å²) in [6, 6.07) is 1.43. The van der Waals surface area contributed by atoms with Gasteiger partial charge < -0.3 is 5.32 Å². The summed E-state index contributed by atoms with van der Waals surface area (Å²) in [6.45, 7) is 13.2. The Labute approximate surface area is 107 Å².